The van der Waals surface area contributed by atoms with Crippen molar-refractivity contribution in [2.24, 2.45) is 5.73 Å². The Labute approximate surface area is 115 Å². The van der Waals surface area contributed by atoms with Gasteiger partial charge in [0.15, 0.2) is 0 Å². The molecule has 1 aliphatic heterocycles. The van der Waals surface area contributed by atoms with Gasteiger partial charge in [-0.25, -0.2) is 0 Å². The van der Waals surface area contributed by atoms with Crippen LogP contribution in [0.1, 0.15) is 17.5 Å². The molecular formula is C15H23N3O. The maximum absolute atomic E-state index is 11.7. The molecule has 2 N–H and O–H groups in total. The number of carbonyl (C=O) groups is 1. The van der Waals surface area contributed by atoms with Crippen LogP contribution in [-0.2, 0) is 11.3 Å². The first-order valence-electron chi connectivity index (χ1n) is 6.95. The third-order valence-electron chi connectivity index (χ3n) is 3.74. The molecule has 0 spiro atoms. The van der Waals surface area contributed by atoms with E-state index in [9.17, 15) is 4.79 Å². The summed E-state index contributed by atoms with van der Waals surface area (Å²) in [5, 5.41) is 0. The zero-order valence-electron chi connectivity index (χ0n) is 11.6. The number of nitrogens with zero attached hydrogens (tertiary/aromatic N) is 2. The van der Waals surface area contributed by atoms with Crippen molar-refractivity contribution < 1.29 is 4.79 Å². The van der Waals surface area contributed by atoms with Crippen LogP contribution in [0.15, 0.2) is 24.3 Å². The monoisotopic (exact) mass is 261 g/mol. The number of carbonyl (C=O) groups excluding carboxylic acids is 1. The second-order valence-corrected chi connectivity index (χ2v) is 5.12. The van der Waals surface area contributed by atoms with Crippen LogP contribution in [0.2, 0.25) is 0 Å². The molecule has 0 aromatic heterocycles. The summed E-state index contributed by atoms with van der Waals surface area (Å²) in [6.45, 7) is 7.12. The van der Waals surface area contributed by atoms with Crippen molar-refractivity contribution in [2.45, 2.75) is 19.9 Å². The van der Waals surface area contributed by atoms with Crippen LogP contribution in [0.25, 0.3) is 0 Å². The second kappa shape index (κ2) is 6.68. The molecule has 1 amide bonds. The standard InChI is InChI=1S/C15H23N3O/c1-13-4-2-3-5-14(13)12-17-8-10-18(11-9-17)15(19)6-7-16/h2-5H,6-12,16H2,1H3. The van der Waals surface area contributed by atoms with Gasteiger partial charge >= 0.3 is 0 Å². The predicted molar refractivity (Wildman–Crippen MR) is 76.7 cm³/mol. The summed E-state index contributed by atoms with van der Waals surface area (Å²) >= 11 is 0. The molecule has 1 heterocycles. The summed E-state index contributed by atoms with van der Waals surface area (Å²) in [6, 6.07) is 8.49. The highest BCUT2D eigenvalue weighted by Gasteiger charge is 2.20. The van der Waals surface area contributed by atoms with Gasteiger partial charge in [0.25, 0.3) is 0 Å². The first-order valence-corrected chi connectivity index (χ1v) is 6.95. The molecule has 0 saturated carbocycles. The number of nitrogens with two attached hydrogens (primary N) is 1. The minimum absolute atomic E-state index is 0.193. The largest absolute Gasteiger partial charge is 0.340 e. The summed E-state index contributed by atoms with van der Waals surface area (Å²) in [5.74, 6) is 0.193. The Bertz CT molecular complexity index is 425. The van der Waals surface area contributed by atoms with Crippen molar-refractivity contribution in [3.05, 3.63) is 35.4 Å². The molecule has 1 aromatic carbocycles. The number of piperazine rings is 1. The molecule has 0 radical (unpaired) electrons. The van der Waals surface area contributed by atoms with E-state index in [1.54, 1.807) is 0 Å². The quantitative estimate of drug-likeness (QED) is 0.879. The molecule has 2 rings (SSSR count). The summed E-state index contributed by atoms with van der Waals surface area (Å²) in [6.07, 6.45) is 0.470. The van der Waals surface area contributed by atoms with Gasteiger partial charge in [-0.05, 0) is 18.1 Å². The summed E-state index contributed by atoms with van der Waals surface area (Å²) in [7, 11) is 0. The molecule has 104 valence electrons. The minimum Gasteiger partial charge on any atom is -0.340 e. The molecule has 19 heavy (non-hydrogen) atoms. The molecule has 4 heteroatoms. The Morgan fingerprint density at radius 1 is 1.21 bits per heavy atom. The van der Waals surface area contributed by atoms with Crippen molar-refractivity contribution in [1.29, 1.82) is 0 Å². The number of hydrogen-bond donors (Lipinski definition) is 1. The van der Waals surface area contributed by atoms with Gasteiger partial charge in [-0.15, -0.1) is 0 Å². The van der Waals surface area contributed by atoms with Gasteiger partial charge in [-0.1, -0.05) is 24.3 Å². The van der Waals surface area contributed by atoms with E-state index in [1.807, 2.05) is 4.90 Å². The Hall–Kier alpha value is -1.39. The van der Waals surface area contributed by atoms with Crippen LogP contribution in [0.4, 0.5) is 0 Å². The van der Waals surface area contributed by atoms with Crippen molar-refractivity contribution >= 4 is 5.91 Å². The molecule has 0 bridgehead atoms. The number of hydrogen-bond acceptors (Lipinski definition) is 3. The van der Waals surface area contributed by atoms with Crippen LogP contribution in [0, 0.1) is 6.92 Å². The number of aryl methyl sites for hydroxylation is 1. The normalized spacial score (nSPS) is 16.6. The van der Waals surface area contributed by atoms with Crippen LogP contribution in [0.5, 0.6) is 0 Å². The van der Waals surface area contributed by atoms with Crippen molar-refractivity contribution in [1.82, 2.24) is 9.80 Å². The summed E-state index contributed by atoms with van der Waals surface area (Å²) in [5.41, 5.74) is 8.14. The molecule has 1 aliphatic rings. The first-order chi connectivity index (χ1) is 9.20. The lowest BCUT2D eigenvalue weighted by atomic mass is 10.1. The highest BCUT2D eigenvalue weighted by atomic mass is 16.2. The van der Waals surface area contributed by atoms with E-state index in [4.69, 9.17) is 5.73 Å². The van der Waals surface area contributed by atoms with Gasteiger partial charge in [-0.3, -0.25) is 9.69 Å². The molecule has 4 nitrogen and oxygen atoms in total. The fourth-order valence-electron chi connectivity index (χ4n) is 2.47. The fraction of sp³-hybridized carbons (Fsp3) is 0.533. The molecule has 1 saturated heterocycles. The van der Waals surface area contributed by atoms with Gasteiger partial charge in [0, 0.05) is 45.7 Å². The molecular weight excluding hydrogens is 238 g/mol. The zero-order chi connectivity index (χ0) is 13.7. The summed E-state index contributed by atoms with van der Waals surface area (Å²) in [4.78, 5) is 16.1. The van der Waals surface area contributed by atoms with Crippen LogP contribution in [-0.4, -0.2) is 48.4 Å². The number of rotatable bonds is 4. The highest BCUT2D eigenvalue weighted by Crippen LogP contribution is 2.12. The average molecular weight is 261 g/mol. The van der Waals surface area contributed by atoms with E-state index in [-0.39, 0.29) is 5.91 Å². The molecule has 0 aliphatic carbocycles. The molecule has 1 fully saturated rings. The van der Waals surface area contributed by atoms with Gasteiger partial charge in [0.05, 0.1) is 0 Å². The third kappa shape index (κ3) is 3.78. The third-order valence-corrected chi connectivity index (χ3v) is 3.74. The Balaban J connectivity index is 1.84. The molecule has 0 atom stereocenters. The summed E-state index contributed by atoms with van der Waals surface area (Å²) < 4.78 is 0. The van der Waals surface area contributed by atoms with Crippen LogP contribution >= 0.6 is 0 Å². The minimum atomic E-state index is 0.193. The van der Waals surface area contributed by atoms with E-state index in [0.29, 0.717) is 13.0 Å². The van der Waals surface area contributed by atoms with Crippen molar-refractivity contribution in [2.75, 3.05) is 32.7 Å². The Morgan fingerprint density at radius 2 is 1.89 bits per heavy atom. The van der Waals surface area contributed by atoms with Gasteiger partial charge < -0.3 is 10.6 Å². The first kappa shape index (κ1) is 14.0. The van der Waals surface area contributed by atoms with E-state index >= 15 is 0 Å². The van der Waals surface area contributed by atoms with Crippen molar-refractivity contribution in [3.63, 3.8) is 0 Å². The SMILES string of the molecule is Cc1ccccc1CN1CCN(C(=O)CCN)CC1. The maximum atomic E-state index is 11.7. The van der Waals surface area contributed by atoms with Gasteiger partial charge in [-0.2, -0.15) is 0 Å². The Morgan fingerprint density at radius 3 is 2.53 bits per heavy atom. The van der Waals surface area contributed by atoms with Crippen LogP contribution in [0.3, 0.4) is 0 Å². The van der Waals surface area contributed by atoms with Crippen molar-refractivity contribution in [3.8, 4) is 0 Å². The fourth-order valence-corrected chi connectivity index (χ4v) is 2.47. The van der Waals surface area contributed by atoms with E-state index in [2.05, 4.69) is 36.1 Å². The van der Waals surface area contributed by atoms with E-state index in [1.165, 1.54) is 11.1 Å². The lowest BCUT2D eigenvalue weighted by molar-refractivity contribution is -0.132. The molecule has 1 aromatic rings. The number of amides is 1. The van der Waals surface area contributed by atoms with E-state index < -0.39 is 0 Å². The zero-order valence-corrected chi connectivity index (χ0v) is 11.6. The second-order valence-electron chi connectivity index (χ2n) is 5.12. The number of benzene rings is 1. The van der Waals surface area contributed by atoms with Crippen LogP contribution < -0.4 is 5.73 Å². The lowest BCUT2D eigenvalue weighted by Crippen LogP contribution is -2.48. The predicted octanol–water partition coefficient (Wildman–Crippen LogP) is 0.988. The van der Waals surface area contributed by atoms with Gasteiger partial charge in [0.2, 0.25) is 5.91 Å². The lowest BCUT2D eigenvalue weighted by Gasteiger charge is -2.35. The molecule has 0 unspecified atom stereocenters. The smallest absolute Gasteiger partial charge is 0.223 e. The van der Waals surface area contributed by atoms with Gasteiger partial charge in [0.1, 0.15) is 0 Å². The average Bonchev–Trinajstić information content (AvgIpc) is 2.42. The topological polar surface area (TPSA) is 49.6 Å². The van der Waals surface area contributed by atoms with E-state index in [0.717, 1.165) is 32.7 Å². The highest BCUT2D eigenvalue weighted by molar-refractivity contribution is 5.76. The maximum Gasteiger partial charge on any atom is 0.223 e. The Kier molecular flexibility index (Phi) is 4.93.